The number of fused-ring (bicyclic) bond motifs is 2. The maximum absolute atomic E-state index is 14.0. The molecule has 1 aromatic carbocycles. The number of carbonyl (C=O) groups excluding carboxylic acids is 1. The van der Waals surface area contributed by atoms with Gasteiger partial charge >= 0.3 is 6.36 Å². The maximum atomic E-state index is 14.0. The van der Waals surface area contributed by atoms with E-state index in [1.165, 1.54) is 0 Å². The van der Waals surface area contributed by atoms with Gasteiger partial charge in [0.15, 0.2) is 5.78 Å². The van der Waals surface area contributed by atoms with Gasteiger partial charge in [-0.15, -0.1) is 13.2 Å². The van der Waals surface area contributed by atoms with Gasteiger partial charge in [-0.05, 0) is 37.8 Å². The fourth-order valence-electron chi connectivity index (χ4n) is 3.18. The minimum absolute atomic E-state index is 0.147. The zero-order valence-corrected chi connectivity index (χ0v) is 12.3. The van der Waals surface area contributed by atoms with E-state index >= 15 is 0 Å². The number of hydrogen-bond donors (Lipinski definition) is 0. The third-order valence-electron chi connectivity index (χ3n) is 4.10. The van der Waals surface area contributed by atoms with Crippen LogP contribution in [-0.4, -0.2) is 22.6 Å². The molecule has 2 nitrogen and oxygen atoms in total. The first-order valence-electron chi connectivity index (χ1n) is 7.07. The summed E-state index contributed by atoms with van der Waals surface area (Å²) in [6, 6.07) is 2.69. The molecule has 2 heterocycles. The summed E-state index contributed by atoms with van der Waals surface area (Å²) in [5.74, 6) is -2.16. The van der Waals surface area contributed by atoms with Gasteiger partial charge in [0.05, 0.1) is 5.56 Å². The Kier molecular flexibility index (Phi) is 4.09. The van der Waals surface area contributed by atoms with Crippen molar-refractivity contribution < 1.29 is 27.1 Å². The van der Waals surface area contributed by atoms with E-state index in [1.54, 1.807) is 0 Å². The molecule has 0 spiro atoms. The van der Waals surface area contributed by atoms with Crippen LogP contribution >= 0.6 is 11.8 Å². The Morgan fingerprint density at radius 1 is 1.18 bits per heavy atom. The Morgan fingerprint density at radius 3 is 2.36 bits per heavy atom. The van der Waals surface area contributed by atoms with Gasteiger partial charge in [-0.25, -0.2) is 4.39 Å². The predicted octanol–water partition coefficient (Wildman–Crippen LogP) is 4.58. The number of carbonyl (C=O) groups is 1. The monoisotopic (exact) mass is 334 g/mol. The number of benzene rings is 1. The molecule has 0 aliphatic carbocycles. The minimum Gasteiger partial charge on any atom is -0.406 e. The molecule has 0 radical (unpaired) electrons. The number of halogens is 4. The van der Waals surface area contributed by atoms with Crippen molar-refractivity contribution in [2.45, 2.75) is 42.5 Å². The Hall–Kier alpha value is -1.24. The van der Waals surface area contributed by atoms with Gasteiger partial charge in [0.1, 0.15) is 11.6 Å². The van der Waals surface area contributed by atoms with E-state index in [9.17, 15) is 22.4 Å². The second-order valence-electron chi connectivity index (χ2n) is 5.68. The fraction of sp³-hybridized carbons (Fsp3) is 0.533. The SMILES string of the molecule is O=C(c1ccc(OC(F)(F)F)cc1F)C1CC2CCC(C1)S2. The molecule has 2 aliphatic heterocycles. The average Bonchev–Trinajstić information content (AvgIpc) is 2.75. The molecule has 120 valence electrons. The van der Waals surface area contributed by atoms with Crippen LogP contribution in [0.1, 0.15) is 36.0 Å². The summed E-state index contributed by atoms with van der Waals surface area (Å²) >= 11 is 1.89. The summed E-state index contributed by atoms with van der Waals surface area (Å²) in [7, 11) is 0. The molecule has 2 atom stereocenters. The number of hydrogen-bond acceptors (Lipinski definition) is 3. The molecule has 7 heteroatoms. The number of ether oxygens (including phenoxy) is 1. The number of thioether (sulfide) groups is 1. The Labute approximate surface area is 129 Å². The number of rotatable bonds is 3. The van der Waals surface area contributed by atoms with E-state index in [-0.39, 0.29) is 17.3 Å². The Balaban J connectivity index is 1.75. The van der Waals surface area contributed by atoms with Crippen molar-refractivity contribution in [2.24, 2.45) is 5.92 Å². The summed E-state index contributed by atoms with van der Waals surface area (Å²) in [5.41, 5.74) is -0.147. The van der Waals surface area contributed by atoms with Crippen LogP contribution in [-0.2, 0) is 0 Å². The minimum atomic E-state index is -4.88. The fourth-order valence-corrected chi connectivity index (χ4v) is 4.96. The van der Waals surface area contributed by atoms with Gasteiger partial charge in [-0.3, -0.25) is 4.79 Å². The molecule has 22 heavy (non-hydrogen) atoms. The van der Waals surface area contributed by atoms with Gasteiger partial charge in [0.25, 0.3) is 0 Å². The summed E-state index contributed by atoms with van der Waals surface area (Å²) in [6.45, 7) is 0. The van der Waals surface area contributed by atoms with Crippen LogP contribution in [0.25, 0.3) is 0 Å². The largest absolute Gasteiger partial charge is 0.573 e. The van der Waals surface area contributed by atoms with Crippen molar-refractivity contribution in [3.05, 3.63) is 29.6 Å². The summed E-state index contributed by atoms with van der Waals surface area (Å²) in [6.07, 6.45) is -1.27. The third-order valence-corrected chi connectivity index (χ3v) is 5.73. The molecule has 3 rings (SSSR count). The van der Waals surface area contributed by atoms with Crippen LogP contribution in [0.5, 0.6) is 5.75 Å². The molecule has 2 fully saturated rings. The van der Waals surface area contributed by atoms with Crippen molar-refractivity contribution in [3.8, 4) is 5.75 Å². The highest BCUT2D eigenvalue weighted by atomic mass is 32.2. The Bertz CT molecular complexity index is 575. The summed E-state index contributed by atoms with van der Waals surface area (Å²) in [5, 5.41) is 0.896. The molecule has 0 amide bonds. The molecule has 2 saturated heterocycles. The van der Waals surface area contributed by atoms with E-state index in [0.29, 0.717) is 16.6 Å². The van der Waals surface area contributed by atoms with E-state index < -0.39 is 17.9 Å². The average molecular weight is 334 g/mol. The topological polar surface area (TPSA) is 26.3 Å². The predicted molar refractivity (Wildman–Crippen MR) is 74.5 cm³/mol. The summed E-state index contributed by atoms with van der Waals surface area (Å²) < 4.78 is 53.9. The zero-order valence-electron chi connectivity index (χ0n) is 11.5. The highest BCUT2D eigenvalue weighted by Gasteiger charge is 2.38. The van der Waals surface area contributed by atoms with E-state index in [2.05, 4.69) is 4.74 Å². The van der Waals surface area contributed by atoms with E-state index in [0.717, 1.165) is 37.8 Å². The molecule has 2 bridgehead atoms. The van der Waals surface area contributed by atoms with Crippen LogP contribution in [0.4, 0.5) is 17.6 Å². The second kappa shape index (κ2) is 5.76. The molecular formula is C15H14F4O2S. The van der Waals surface area contributed by atoms with E-state index in [4.69, 9.17) is 0 Å². The van der Waals surface area contributed by atoms with Gasteiger partial charge in [0, 0.05) is 22.5 Å². The number of ketones is 1. The van der Waals surface area contributed by atoms with Crippen molar-refractivity contribution in [1.82, 2.24) is 0 Å². The molecule has 0 aromatic heterocycles. The van der Waals surface area contributed by atoms with Crippen molar-refractivity contribution >= 4 is 17.5 Å². The normalized spacial score (nSPS) is 27.7. The summed E-state index contributed by atoms with van der Waals surface area (Å²) in [4.78, 5) is 12.4. The molecule has 1 aromatic rings. The van der Waals surface area contributed by atoms with Gasteiger partial charge in [-0.2, -0.15) is 11.8 Å². The Morgan fingerprint density at radius 2 is 1.82 bits per heavy atom. The number of Topliss-reactive ketones (excluding diaryl/α,β-unsaturated/α-hetero) is 1. The first-order chi connectivity index (χ1) is 10.3. The zero-order chi connectivity index (χ0) is 15.9. The maximum Gasteiger partial charge on any atom is 0.573 e. The van der Waals surface area contributed by atoms with Crippen LogP contribution in [0.3, 0.4) is 0 Å². The highest BCUT2D eigenvalue weighted by molar-refractivity contribution is 8.00. The van der Waals surface area contributed by atoms with Crippen LogP contribution in [0.2, 0.25) is 0 Å². The molecule has 2 unspecified atom stereocenters. The van der Waals surface area contributed by atoms with Gasteiger partial charge in [0.2, 0.25) is 0 Å². The van der Waals surface area contributed by atoms with Crippen LogP contribution in [0.15, 0.2) is 18.2 Å². The van der Waals surface area contributed by atoms with Gasteiger partial charge < -0.3 is 4.74 Å². The quantitative estimate of drug-likeness (QED) is 0.598. The molecular weight excluding hydrogens is 320 g/mol. The number of alkyl halides is 3. The smallest absolute Gasteiger partial charge is 0.406 e. The van der Waals surface area contributed by atoms with E-state index in [1.807, 2.05) is 11.8 Å². The third kappa shape index (κ3) is 3.39. The second-order valence-corrected chi connectivity index (χ2v) is 7.28. The van der Waals surface area contributed by atoms with Gasteiger partial charge in [-0.1, -0.05) is 0 Å². The lowest BCUT2D eigenvalue weighted by molar-refractivity contribution is -0.274. The first-order valence-corrected chi connectivity index (χ1v) is 8.01. The van der Waals surface area contributed by atoms with Crippen molar-refractivity contribution in [3.63, 3.8) is 0 Å². The van der Waals surface area contributed by atoms with Crippen molar-refractivity contribution in [2.75, 3.05) is 0 Å². The first kappa shape index (κ1) is 15.6. The van der Waals surface area contributed by atoms with Crippen molar-refractivity contribution in [1.29, 1.82) is 0 Å². The van der Waals surface area contributed by atoms with Crippen LogP contribution in [0, 0.1) is 11.7 Å². The standard InChI is InChI=1S/C15H14F4O2S/c16-13-7-9(21-15(17,18)19)1-4-12(13)14(20)8-5-10-2-3-11(6-8)22-10/h1,4,7-8,10-11H,2-3,5-6H2. The molecule has 2 aliphatic rings. The lowest BCUT2D eigenvalue weighted by Gasteiger charge is -2.26. The molecule has 0 N–H and O–H groups in total. The highest BCUT2D eigenvalue weighted by Crippen LogP contribution is 2.46. The molecule has 0 saturated carbocycles. The lowest BCUT2D eigenvalue weighted by atomic mass is 9.90. The van der Waals surface area contributed by atoms with Crippen LogP contribution < -0.4 is 4.74 Å². The lowest BCUT2D eigenvalue weighted by Crippen LogP contribution is -2.25.